The Bertz CT molecular complexity index is 3590. The molecule has 0 saturated carbocycles. The van der Waals surface area contributed by atoms with Crippen molar-refractivity contribution in [2.75, 3.05) is 4.90 Å². The fraction of sp³-hybridized carbons (Fsp3) is 0.0294. The zero-order valence-electron chi connectivity index (χ0n) is 37.8. The summed E-state index contributed by atoms with van der Waals surface area (Å²) in [6.45, 7) is 0. The van der Waals surface area contributed by atoms with Crippen LogP contribution in [0.4, 0.5) is 17.1 Å². The molecule has 4 aliphatic rings. The summed E-state index contributed by atoms with van der Waals surface area (Å²) in [5, 5.41) is 0. The minimum absolute atomic E-state index is 0.490. The van der Waals surface area contributed by atoms with Gasteiger partial charge in [0.1, 0.15) is 0 Å². The largest absolute Gasteiger partial charge is 0.310 e. The highest BCUT2D eigenvalue weighted by molar-refractivity contribution is 6.01. The number of rotatable bonds is 5. The van der Waals surface area contributed by atoms with Crippen molar-refractivity contribution in [3.8, 4) is 66.8 Å². The molecular formula is C68H43N. The standard InChI is InChI=1S/C68H43N/c1-3-20-44(21-4-1)48-30-19-37-65(66(48)45-22-5-2-6-23-45)69(46-38-40-55-53-28-11-17-35-61(53)67(63(55)42-46)57-31-13-7-24-49(57)50-25-8-14-32-58(50)67)47-39-41-56-54-29-12-18-36-62(54)68(64(56)43-47)59-33-15-9-26-51(59)52-27-10-16-34-60(52)68/h1-43H. The minimum Gasteiger partial charge on any atom is -0.310 e. The smallest absolute Gasteiger partial charge is 0.0726 e. The van der Waals surface area contributed by atoms with E-state index in [1.807, 2.05) is 0 Å². The molecule has 1 nitrogen and oxygen atoms in total. The van der Waals surface area contributed by atoms with Crippen LogP contribution in [0.5, 0.6) is 0 Å². The molecule has 0 fully saturated rings. The lowest BCUT2D eigenvalue weighted by Gasteiger charge is -2.34. The topological polar surface area (TPSA) is 3.24 Å². The van der Waals surface area contributed by atoms with E-state index in [1.54, 1.807) is 0 Å². The third-order valence-electron chi connectivity index (χ3n) is 15.9. The van der Waals surface area contributed by atoms with Crippen LogP contribution in [0, 0.1) is 0 Å². The monoisotopic (exact) mass is 873 g/mol. The van der Waals surface area contributed by atoms with Crippen LogP contribution in [0.1, 0.15) is 44.5 Å². The van der Waals surface area contributed by atoms with Crippen LogP contribution in [0.25, 0.3) is 66.8 Å². The Kier molecular flexibility index (Phi) is 7.98. The lowest BCUT2D eigenvalue weighted by Crippen LogP contribution is -2.26. The second kappa shape index (κ2) is 14.4. The maximum absolute atomic E-state index is 2.57. The van der Waals surface area contributed by atoms with Gasteiger partial charge in [-0.1, -0.05) is 231 Å². The summed E-state index contributed by atoms with van der Waals surface area (Å²) in [6.07, 6.45) is 0. The van der Waals surface area contributed by atoms with Crippen LogP contribution < -0.4 is 4.90 Å². The van der Waals surface area contributed by atoms with Crippen molar-refractivity contribution in [1.29, 1.82) is 0 Å². The Balaban J connectivity index is 1.05. The van der Waals surface area contributed by atoms with Gasteiger partial charge in [-0.05, 0) is 136 Å². The third kappa shape index (κ3) is 4.98. The molecule has 4 aliphatic carbocycles. The van der Waals surface area contributed by atoms with Gasteiger partial charge in [0.25, 0.3) is 0 Å². The maximum atomic E-state index is 2.57. The molecular weight excluding hydrogens is 831 g/mol. The summed E-state index contributed by atoms with van der Waals surface area (Å²) in [6, 6.07) is 98.1. The first kappa shape index (κ1) is 38.3. The van der Waals surface area contributed by atoms with E-state index in [9.17, 15) is 0 Å². The van der Waals surface area contributed by atoms with E-state index in [-0.39, 0.29) is 0 Å². The van der Waals surface area contributed by atoms with Gasteiger partial charge in [-0.25, -0.2) is 0 Å². The first-order valence-corrected chi connectivity index (χ1v) is 24.2. The summed E-state index contributed by atoms with van der Waals surface area (Å²) < 4.78 is 0. The summed E-state index contributed by atoms with van der Waals surface area (Å²) in [5.41, 5.74) is 28.2. The van der Waals surface area contributed by atoms with Crippen molar-refractivity contribution >= 4 is 17.1 Å². The van der Waals surface area contributed by atoms with Gasteiger partial charge in [0.05, 0.1) is 16.5 Å². The molecule has 1 heteroatoms. The van der Waals surface area contributed by atoms with Crippen molar-refractivity contribution in [3.63, 3.8) is 0 Å². The number of hydrogen-bond acceptors (Lipinski definition) is 1. The Labute approximate surface area is 402 Å². The van der Waals surface area contributed by atoms with Gasteiger partial charge in [0.15, 0.2) is 0 Å². The lowest BCUT2D eigenvalue weighted by molar-refractivity contribution is 0.792. The second-order valence-corrected chi connectivity index (χ2v) is 19.0. The van der Waals surface area contributed by atoms with Gasteiger partial charge in [0, 0.05) is 16.9 Å². The van der Waals surface area contributed by atoms with E-state index in [2.05, 4.69) is 266 Å². The quantitative estimate of drug-likeness (QED) is 0.167. The normalized spacial score (nSPS) is 14.0. The highest BCUT2D eigenvalue weighted by Gasteiger charge is 2.53. The molecule has 15 rings (SSSR count). The molecule has 0 amide bonds. The molecule has 320 valence electrons. The number of hydrogen-bond donors (Lipinski definition) is 0. The number of fused-ring (bicyclic) bond motifs is 20. The average molecular weight is 874 g/mol. The summed E-state index contributed by atoms with van der Waals surface area (Å²) >= 11 is 0. The highest BCUT2D eigenvalue weighted by Crippen LogP contribution is 2.65. The molecule has 0 unspecified atom stereocenters. The summed E-state index contributed by atoms with van der Waals surface area (Å²) in [7, 11) is 0. The molecule has 11 aromatic carbocycles. The predicted molar refractivity (Wildman–Crippen MR) is 285 cm³/mol. The van der Waals surface area contributed by atoms with Crippen molar-refractivity contribution in [1.82, 2.24) is 0 Å². The predicted octanol–water partition coefficient (Wildman–Crippen LogP) is 17.2. The Morgan fingerprint density at radius 2 is 0.522 bits per heavy atom. The fourth-order valence-electron chi connectivity index (χ4n) is 13.4. The molecule has 0 N–H and O–H groups in total. The van der Waals surface area contributed by atoms with Gasteiger partial charge in [-0.15, -0.1) is 0 Å². The first-order chi connectivity index (χ1) is 34.3. The van der Waals surface area contributed by atoms with E-state index in [4.69, 9.17) is 0 Å². The van der Waals surface area contributed by atoms with Crippen LogP contribution in [-0.2, 0) is 10.8 Å². The molecule has 0 saturated heterocycles. The SMILES string of the molecule is c1ccc(-c2cccc(N(c3ccc4c(c3)C3(c5ccccc5-c5ccccc53)c3ccccc3-4)c3ccc4c(c3)C3(c5ccccc5-c5ccccc53)c3ccccc3-4)c2-c2ccccc2)cc1. The molecule has 0 radical (unpaired) electrons. The Hall–Kier alpha value is -8.78. The number of nitrogens with zero attached hydrogens (tertiary/aromatic N) is 1. The maximum Gasteiger partial charge on any atom is 0.0726 e. The zero-order chi connectivity index (χ0) is 45.3. The molecule has 2 spiro atoms. The zero-order valence-corrected chi connectivity index (χ0v) is 37.8. The Morgan fingerprint density at radius 1 is 0.217 bits per heavy atom. The lowest BCUT2D eigenvalue weighted by atomic mass is 9.70. The van der Waals surface area contributed by atoms with E-state index in [0.29, 0.717) is 0 Å². The minimum atomic E-state index is -0.490. The average Bonchev–Trinajstić information content (AvgIpc) is 4.10. The van der Waals surface area contributed by atoms with Crippen LogP contribution in [0.3, 0.4) is 0 Å². The first-order valence-electron chi connectivity index (χ1n) is 24.2. The molecule has 0 aliphatic heterocycles. The summed E-state index contributed by atoms with van der Waals surface area (Å²) in [5.74, 6) is 0. The molecule has 0 aromatic heterocycles. The molecule has 11 aromatic rings. The van der Waals surface area contributed by atoms with Crippen LogP contribution in [0.2, 0.25) is 0 Å². The van der Waals surface area contributed by atoms with Gasteiger partial charge < -0.3 is 4.90 Å². The van der Waals surface area contributed by atoms with Crippen molar-refractivity contribution in [3.05, 3.63) is 305 Å². The van der Waals surface area contributed by atoms with E-state index >= 15 is 0 Å². The van der Waals surface area contributed by atoms with Gasteiger partial charge in [-0.2, -0.15) is 0 Å². The second-order valence-electron chi connectivity index (χ2n) is 19.0. The van der Waals surface area contributed by atoms with Crippen LogP contribution in [0.15, 0.2) is 261 Å². The third-order valence-corrected chi connectivity index (χ3v) is 15.9. The van der Waals surface area contributed by atoms with Gasteiger partial charge in [-0.3, -0.25) is 0 Å². The fourth-order valence-corrected chi connectivity index (χ4v) is 13.4. The molecule has 0 bridgehead atoms. The van der Waals surface area contributed by atoms with Crippen molar-refractivity contribution in [2.24, 2.45) is 0 Å². The number of anilines is 3. The molecule has 69 heavy (non-hydrogen) atoms. The molecule has 0 heterocycles. The van der Waals surface area contributed by atoms with Crippen LogP contribution >= 0.6 is 0 Å². The van der Waals surface area contributed by atoms with Crippen molar-refractivity contribution < 1.29 is 0 Å². The van der Waals surface area contributed by atoms with E-state index < -0.39 is 10.8 Å². The van der Waals surface area contributed by atoms with Crippen LogP contribution in [-0.4, -0.2) is 0 Å². The van der Waals surface area contributed by atoms with Gasteiger partial charge >= 0.3 is 0 Å². The van der Waals surface area contributed by atoms with Crippen molar-refractivity contribution in [2.45, 2.75) is 10.8 Å². The number of benzene rings is 11. The Morgan fingerprint density at radius 3 is 0.899 bits per heavy atom. The van der Waals surface area contributed by atoms with Gasteiger partial charge in [0.2, 0.25) is 0 Å². The van der Waals surface area contributed by atoms with E-state index in [1.165, 1.54) is 111 Å². The molecule has 0 atom stereocenters. The summed E-state index contributed by atoms with van der Waals surface area (Å²) in [4.78, 5) is 2.57. The highest BCUT2D eigenvalue weighted by atomic mass is 15.1. The van der Waals surface area contributed by atoms with E-state index in [0.717, 1.165) is 17.1 Å².